The van der Waals surface area contributed by atoms with Gasteiger partial charge in [0.2, 0.25) is 6.10 Å². The first-order valence-electron chi connectivity index (χ1n) is 7.94. The Morgan fingerprint density at radius 1 is 0.966 bits per heavy atom. The lowest BCUT2D eigenvalue weighted by Crippen LogP contribution is -2.58. The maximum atomic E-state index is 13.1. The summed E-state index contributed by atoms with van der Waals surface area (Å²) < 4.78 is 134. The van der Waals surface area contributed by atoms with E-state index in [1.807, 2.05) is 0 Å². The molecule has 0 aromatic carbocycles. The number of carbonyl (C=O) groups is 1. The Hall–Kier alpha value is -1.35. The standard InChI is InChI=1S/C14H20F10N2O3/c1-26(2,7-8-28-3)6-4-5-25-10(27)9(11(15,16)17)29-14(23,24)12(18,19)13(20,21)22/h9H,4-8H2,1-3H3/p+1. The minimum absolute atomic E-state index is 0.0438. The summed E-state index contributed by atoms with van der Waals surface area (Å²) in [5.74, 6) is -9.27. The van der Waals surface area contributed by atoms with Gasteiger partial charge in [0.05, 0.1) is 27.2 Å². The van der Waals surface area contributed by atoms with E-state index in [0.717, 1.165) is 0 Å². The van der Waals surface area contributed by atoms with Gasteiger partial charge in [-0.2, -0.15) is 43.9 Å². The highest BCUT2D eigenvalue weighted by Crippen LogP contribution is 2.48. The van der Waals surface area contributed by atoms with Crippen LogP contribution in [0.15, 0.2) is 0 Å². The lowest BCUT2D eigenvalue weighted by Gasteiger charge is -2.31. The van der Waals surface area contributed by atoms with E-state index in [4.69, 9.17) is 4.74 Å². The summed E-state index contributed by atoms with van der Waals surface area (Å²) in [6.07, 6.45) is -23.7. The van der Waals surface area contributed by atoms with Crippen molar-refractivity contribution < 1.29 is 62.7 Å². The topological polar surface area (TPSA) is 47.6 Å². The summed E-state index contributed by atoms with van der Waals surface area (Å²) in [6, 6.07) is 0. The fraction of sp³-hybridized carbons (Fsp3) is 0.929. The average Bonchev–Trinajstić information content (AvgIpc) is 2.52. The van der Waals surface area contributed by atoms with Gasteiger partial charge in [-0.1, -0.05) is 0 Å². The molecule has 0 spiro atoms. The van der Waals surface area contributed by atoms with Crippen LogP contribution in [0.4, 0.5) is 43.9 Å². The molecule has 29 heavy (non-hydrogen) atoms. The number of nitrogens with one attached hydrogen (secondary N) is 1. The molecular formula is C14H21F10N2O3+. The second-order valence-electron chi connectivity index (χ2n) is 6.65. The van der Waals surface area contributed by atoms with Crippen LogP contribution in [0.2, 0.25) is 0 Å². The lowest BCUT2D eigenvalue weighted by molar-refractivity contribution is -0.890. The zero-order chi connectivity index (χ0) is 23.3. The van der Waals surface area contributed by atoms with E-state index in [1.54, 1.807) is 19.4 Å². The summed E-state index contributed by atoms with van der Waals surface area (Å²) in [7, 11) is 4.89. The minimum atomic E-state index is -6.95. The van der Waals surface area contributed by atoms with Crippen molar-refractivity contribution in [2.75, 3.05) is 47.4 Å². The molecule has 1 amide bonds. The Kier molecular flexibility index (Phi) is 9.19. The van der Waals surface area contributed by atoms with Crippen molar-refractivity contribution >= 4 is 5.91 Å². The molecule has 5 nitrogen and oxygen atoms in total. The van der Waals surface area contributed by atoms with Crippen LogP contribution in [-0.2, 0) is 14.3 Å². The normalized spacial score (nSPS) is 15.3. The van der Waals surface area contributed by atoms with Gasteiger partial charge in [-0.05, 0) is 0 Å². The zero-order valence-electron chi connectivity index (χ0n) is 15.6. The van der Waals surface area contributed by atoms with Gasteiger partial charge < -0.3 is 14.5 Å². The number of quaternary nitrogens is 1. The van der Waals surface area contributed by atoms with Gasteiger partial charge in [0, 0.05) is 20.1 Å². The molecule has 1 N–H and O–H groups in total. The number of ether oxygens (including phenoxy) is 2. The number of alkyl halides is 10. The number of hydrogen-bond donors (Lipinski definition) is 1. The summed E-state index contributed by atoms with van der Waals surface area (Å²) in [5, 5.41) is 1.55. The van der Waals surface area contributed by atoms with Crippen LogP contribution in [-0.4, -0.2) is 88.3 Å². The molecule has 0 radical (unpaired) electrons. The molecule has 0 aliphatic carbocycles. The Balaban J connectivity index is 5.07. The third kappa shape index (κ3) is 8.12. The molecule has 1 atom stereocenters. The molecule has 15 heteroatoms. The molecule has 0 aromatic rings. The van der Waals surface area contributed by atoms with Crippen LogP contribution in [0.25, 0.3) is 0 Å². The highest BCUT2D eigenvalue weighted by Gasteiger charge is 2.76. The SMILES string of the molecule is COCC[N+](C)(C)CCCNC(=O)C(OC(F)(F)C(F)(F)C(F)(F)F)C(F)(F)F. The largest absolute Gasteiger partial charge is 0.462 e. The fourth-order valence-electron chi connectivity index (χ4n) is 1.92. The van der Waals surface area contributed by atoms with Gasteiger partial charge in [-0.3, -0.25) is 9.53 Å². The van der Waals surface area contributed by atoms with Crippen molar-refractivity contribution in [3.05, 3.63) is 0 Å². The maximum absolute atomic E-state index is 13.1. The molecule has 1 unspecified atom stereocenters. The first-order valence-corrected chi connectivity index (χ1v) is 7.94. The molecule has 0 heterocycles. The van der Waals surface area contributed by atoms with E-state index < -0.39 is 42.9 Å². The summed E-state index contributed by atoms with van der Waals surface area (Å²) >= 11 is 0. The smallest absolute Gasteiger partial charge is 0.379 e. The summed E-state index contributed by atoms with van der Waals surface area (Å²) in [4.78, 5) is 11.5. The minimum Gasteiger partial charge on any atom is -0.379 e. The second kappa shape index (κ2) is 9.64. The number of amides is 1. The number of rotatable bonds is 11. The highest BCUT2D eigenvalue weighted by molar-refractivity contribution is 5.81. The molecule has 0 aromatic heterocycles. The fourth-order valence-corrected chi connectivity index (χ4v) is 1.92. The average molecular weight is 455 g/mol. The number of methoxy groups -OCH3 is 1. The second-order valence-corrected chi connectivity index (χ2v) is 6.65. The van der Waals surface area contributed by atoms with Crippen molar-refractivity contribution in [3.8, 4) is 0 Å². The summed E-state index contributed by atoms with van der Waals surface area (Å²) in [5.41, 5.74) is 0. The highest BCUT2D eigenvalue weighted by atomic mass is 19.4. The number of hydrogen-bond acceptors (Lipinski definition) is 3. The molecule has 0 saturated heterocycles. The van der Waals surface area contributed by atoms with E-state index in [9.17, 15) is 48.7 Å². The van der Waals surface area contributed by atoms with E-state index in [1.165, 1.54) is 7.11 Å². The van der Waals surface area contributed by atoms with Gasteiger partial charge in [-0.15, -0.1) is 0 Å². The molecule has 0 fully saturated rings. The van der Waals surface area contributed by atoms with Gasteiger partial charge in [0.1, 0.15) is 6.54 Å². The third-order valence-corrected chi connectivity index (χ3v) is 3.66. The van der Waals surface area contributed by atoms with Gasteiger partial charge in [0.15, 0.2) is 0 Å². The zero-order valence-corrected chi connectivity index (χ0v) is 15.6. The van der Waals surface area contributed by atoms with Crippen LogP contribution in [0.3, 0.4) is 0 Å². The first kappa shape index (κ1) is 27.6. The maximum Gasteiger partial charge on any atom is 0.462 e. The molecule has 0 bridgehead atoms. The summed E-state index contributed by atoms with van der Waals surface area (Å²) in [6.45, 7) is 0.650. The van der Waals surface area contributed by atoms with E-state index in [2.05, 4.69) is 4.74 Å². The number of halogens is 10. The van der Waals surface area contributed by atoms with E-state index in [0.29, 0.717) is 24.2 Å². The van der Waals surface area contributed by atoms with Crippen molar-refractivity contribution in [2.24, 2.45) is 0 Å². The first-order chi connectivity index (χ1) is 12.8. The van der Waals surface area contributed by atoms with Crippen molar-refractivity contribution in [1.29, 1.82) is 0 Å². The Morgan fingerprint density at radius 3 is 1.90 bits per heavy atom. The molecule has 0 aliphatic heterocycles. The number of likely N-dealkylation sites (N-methyl/N-ethyl adjacent to an activating group) is 1. The van der Waals surface area contributed by atoms with Crippen LogP contribution in [0, 0.1) is 0 Å². The number of carbonyl (C=O) groups excluding carboxylic acids is 1. The quantitative estimate of drug-likeness (QED) is 0.296. The number of nitrogens with zero attached hydrogens (tertiary/aromatic N) is 1. The molecule has 0 aliphatic rings. The van der Waals surface area contributed by atoms with Crippen molar-refractivity contribution in [3.63, 3.8) is 0 Å². The molecule has 0 rings (SSSR count). The predicted molar refractivity (Wildman–Crippen MR) is 78.2 cm³/mol. The van der Waals surface area contributed by atoms with Crippen LogP contribution in [0.5, 0.6) is 0 Å². The Bertz CT molecular complexity index is 535. The Labute approximate surface area is 159 Å². The van der Waals surface area contributed by atoms with Crippen molar-refractivity contribution in [1.82, 2.24) is 5.32 Å². The molecule has 174 valence electrons. The van der Waals surface area contributed by atoms with Crippen molar-refractivity contribution in [2.45, 2.75) is 36.9 Å². The third-order valence-electron chi connectivity index (χ3n) is 3.66. The van der Waals surface area contributed by atoms with E-state index in [-0.39, 0.29) is 6.42 Å². The van der Waals surface area contributed by atoms with E-state index >= 15 is 0 Å². The predicted octanol–water partition coefficient (Wildman–Crippen LogP) is 2.95. The van der Waals surface area contributed by atoms with Crippen LogP contribution >= 0.6 is 0 Å². The Morgan fingerprint density at radius 2 is 1.48 bits per heavy atom. The van der Waals surface area contributed by atoms with Crippen LogP contribution < -0.4 is 5.32 Å². The monoisotopic (exact) mass is 455 g/mol. The molecule has 0 saturated carbocycles. The molecular weight excluding hydrogens is 434 g/mol. The lowest BCUT2D eigenvalue weighted by atomic mass is 10.2. The van der Waals surface area contributed by atoms with Gasteiger partial charge in [0.25, 0.3) is 5.91 Å². The van der Waals surface area contributed by atoms with Gasteiger partial charge >= 0.3 is 24.4 Å². The van der Waals surface area contributed by atoms with Gasteiger partial charge in [-0.25, -0.2) is 0 Å². The van der Waals surface area contributed by atoms with Crippen LogP contribution in [0.1, 0.15) is 6.42 Å².